The van der Waals surface area contributed by atoms with Crippen molar-refractivity contribution in [2.24, 2.45) is 0 Å². The fraction of sp³-hybridized carbons (Fsp3) is 0.308. The molecule has 4 heteroatoms. The molecule has 0 bridgehead atoms. The quantitative estimate of drug-likeness (QED) is 0.486. The molecule has 1 unspecified atom stereocenters. The van der Waals surface area contributed by atoms with E-state index in [1.807, 2.05) is 18.2 Å². The van der Waals surface area contributed by atoms with E-state index in [-0.39, 0.29) is 6.10 Å². The zero-order valence-electron chi connectivity index (χ0n) is 18.0. The second-order valence-corrected chi connectivity index (χ2v) is 8.75. The molecule has 3 aromatic rings. The molecule has 0 aliphatic heterocycles. The first-order valence-electron chi connectivity index (χ1n) is 10.4. The summed E-state index contributed by atoms with van der Waals surface area (Å²) in [6.45, 7) is 3.90. The Kier molecular flexibility index (Phi) is 8.52. The van der Waals surface area contributed by atoms with E-state index < -0.39 is 6.10 Å². The van der Waals surface area contributed by atoms with Crippen LogP contribution >= 0.6 is 11.8 Å². The molecule has 0 saturated carbocycles. The third-order valence-corrected chi connectivity index (χ3v) is 5.93. The Morgan fingerprint density at radius 3 is 2.17 bits per heavy atom. The number of benzene rings is 3. The lowest BCUT2D eigenvalue weighted by Gasteiger charge is -2.23. The zero-order chi connectivity index (χ0) is 21.3. The summed E-state index contributed by atoms with van der Waals surface area (Å²) in [6, 6.07) is 27.3. The van der Waals surface area contributed by atoms with Gasteiger partial charge in [0.2, 0.25) is 0 Å². The molecule has 0 fully saturated rings. The number of aliphatic hydroxyl groups excluding tert-OH is 1. The summed E-state index contributed by atoms with van der Waals surface area (Å²) in [5.41, 5.74) is 4.71. The molecular weight excluding hydrogens is 390 g/mol. The van der Waals surface area contributed by atoms with Crippen LogP contribution in [0.2, 0.25) is 0 Å². The molecule has 3 rings (SSSR count). The maximum Gasteiger partial charge on any atom is 0.126 e. The van der Waals surface area contributed by atoms with Gasteiger partial charge in [0.25, 0.3) is 0 Å². The second kappa shape index (κ2) is 11.3. The first-order chi connectivity index (χ1) is 14.5. The van der Waals surface area contributed by atoms with E-state index in [0.29, 0.717) is 13.2 Å². The Morgan fingerprint density at radius 1 is 0.900 bits per heavy atom. The molecular formula is C26H32NO2S+. The first kappa shape index (κ1) is 22.6. The van der Waals surface area contributed by atoms with Crippen LogP contribution < -0.4 is 4.90 Å². The zero-order valence-corrected chi connectivity index (χ0v) is 18.9. The van der Waals surface area contributed by atoms with Crippen LogP contribution in [0.1, 0.15) is 28.4 Å². The average molecular weight is 423 g/mol. The lowest BCUT2D eigenvalue weighted by Crippen LogP contribution is -3.08. The highest BCUT2D eigenvalue weighted by Crippen LogP contribution is 2.26. The van der Waals surface area contributed by atoms with Gasteiger partial charge in [-0.3, -0.25) is 0 Å². The highest BCUT2D eigenvalue weighted by atomic mass is 32.2. The topological polar surface area (TPSA) is 33.9 Å². The molecule has 0 aromatic heterocycles. The number of hydrogen-bond donors (Lipinski definition) is 2. The lowest BCUT2D eigenvalue weighted by atomic mass is 10.0. The fourth-order valence-corrected chi connectivity index (χ4v) is 3.99. The van der Waals surface area contributed by atoms with Gasteiger partial charge in [0.1, 0.15) is 25.3 Å². The molecule has 30 heavy (non-hydrogen) atoms. The monoisotopic (exact) mass is 422 g/mol. The number of aryl methyl sites for hydroxylation is 1. The van der Waals surface area contributed by atoms with E-state index in [0.717, 1.165) is 17.7 Å². The first-order valence-corrected chi connectivity index (χ1v) is 11.6. The van der Waals surface area contributed by atoms with Gasteiger partial charge in [-0.25, -0.2) is 0 Å². The van der Waals surface area contributed by atoms with Crippen molar-refractivity contribution in [1.29, 1.82) is 0 Å². The number of nitrogens with one attached hydrogen (secondary N) is 1. The van der Waals surface area contributed by atoms with Crippen LogP contribution in [0.25, 0.3) is 0 Å². The van der Waals surface area contributed by atoms with Gasteiger partial charge in [-0.15, -0.1) is 11.8 Å². The maximum absolute atomic E-state index is 10.6. The highest BCUT2D eigenvalue weighted by Gasteiger charge is 2.19. The molecule has 3 atom stereocenters. The molecule has 0 spiro atoms. The minimum Gasteiger partial charge on any atom is -0.385 e. The predicted octanol–water partition coefficient (Wildman–Crippen LogP) is 3.90. The van der Waals surface area contributed by atoms with Gasteiger partial charge in [0.15, 0.2) is 0 Å². The smallest absolute Gasteiger partial charge is 0.126 e. The third-order valence-electron chi connectivity index (χ3n) is 5.19. The lowest BCUT2D eigenvalue weighted by molar-refractivity contribution is -0.897. The number of thioether (sulfide) groups is 1. The molecule has 0 heterocycles. The molecule has 3 nitrogen and oxygen atoms in total. The summed E-state index contributed by atoms with van der Waals surface area (Å²) in [6.07, 6.45) is 1.38. The number of likely N-dealkylation sites (N-methyl/N-ethyl adjacent to an activating group) is 1. The molecule has 3 aromatic carbocycles. The maximum atomic E-state index is 10.6. The van der Waals surface area contributed by atoms with Crippen LogP contribution in [0.15, 0.2) is 83.8 Å². The number of quaternary nitrogens is 1. The van der Waals surface area contributed by atoms with Gasteiger partial charge >= 0.3 is 0 Å². The molecule has 158 valence electrons. The van der Waals surface area contributed by atoms with E-state index in [1.54, 1.807) is 11.8 Å². The Morgan fingerprint density at radius 2 is 1.53 bits per heavy atom. The standard InChI is InChI=1S/C26H31NO2S/c1-20-9-13-23(14-10-20)26(22-7-5-4-6-8-22)29-19-24(28)18-27(2)17-21-11-15-25(30-3)16-12-21/h4-16,24,26,28H,17-19H2,1-3H3/p+1/t24-,26-/m0/s1. The van der Waals surface area contributed by atoms with Crippen molar-refractivity contribution in [3.8, 4) is 0 Å². The van der Waals surface area contributed by atoms with Crippen LogP contribution in [0.4, 0.5) is 0 Å². The SMILES string of the molecule is CSc1ccc(C[NH+](C)C[C@H](O)CO[C@@H](c2ccccc2)c2ccc(C)cc2)cc1. The number of rotatable bonds is 10. The van der Waals surface area contributed by atoms with Crippen LogP contribution in [0.5, 0.6) is 0 Å². The van der Waals surface area contributed by atoms with E-state index in [9.17, 15) is 5.11 Å². The summed E-state index contributed by atoms with van der Waals surface area (Å²) in [5.74, 6) is 0. The Hall–Kier alpha value is -2.11. The van der Waals surface area contributed by atoms with E-state index in [2.05, 4.69) is 80.9 Å². The molecule has 0 radical (unpaired) electrons. The summed E-state index contributed by atoms with van der Waals surface area (Å²) in [4.78, 5) is 2.53. The molecule has 0 saturated heterocycles. The van der Waals surface area contributed by atoms with Crippen LogP contribution in [0.3, 0.4) is 0 Å². The second-order valence-electron chi connectivity index (χ2n) is 7.87. The van der Waals surface area contributed by atoms with Crippen LogP contribution in [0, 0.1) is 6.92 Å². The predicted molar refractivity (Wildman–Crippen MR) is 125 cm³/mol. The minimum atomic E-state index is -0.521. The van der Waals surface area contributed by atoms with Gasteiger partial charge < -0.3 is 14.7 Å². The minimum absolute atomic E-state index is 0.180. The normalized spacial score (nSPS) is 14.3. The van der Waals surface area contributed by atoms with Crippen molar-refractivity contribution in [3.05, 3.63) is 101 Å². The van der Waals surface area contributed by atoms with Crippen LogP contribution in [-0.4, -0.2) is 37.7 Å². The van der Waals surface area contributed by atoms with Gasteiger partial charge in [0.05, 0.1) is 13.7 Å². The largest absolute Gasteiger partial charge is 0.385 e. The number of ether oxygens (including phenoxy) is 1. The molecule has 0 amide bonds. The van der Waals surface area contributed by atoms with Crippen molar-refractivity contribution in [3.63, 3.8) is 0 Å². The fourth-order valence-electron chi connectivity index (χ4n) is 3.59. The van der Waals surface area contributed by atoms with Gasteiger partial charge in [-0.1, -0.05) is 72.3 Å². The summed E-state index contributed by atoms with van der Waals surface area (Å²) >= 11 is 1.75. The Balaban J connectivity index is 1.58. The van der Waals surface area contributed by atoms with Crippen molar-refractivity contribution >= 4 is 11.8 Å². The van der Waals surface area contributed by atoms with E-state index >= 15 is 0 Å². The Labute approximate surface area is 184 Å². The number of hydrogen-bond acceptors (Lipinski definition) is 3. The van der Waals surface area contributed by atoms with Crippen LogP contribution in [-0.2, 0) is 11.3 Å². The van der Waals surface area contributed by atoms with Crippen molar-refractivity contribution < 1.29 is 14.7 Å². The van der Waals surface area contributed by atoms with Gasteiger partial charge in [0, 0.05) is 10.5 Å². The molecule has 0 aliphatic carbocycles. The van der Waals surface area contributed by atoms with Crippen molar-refractivity contribution in [1.82, 2.24) is 0 Å². The van der Waals surface area contributed by atoms with E-state index in [1.165, 1.54) is 20.9 Å². The summed E-state index contributed by atoms with van der Waals surface area (Å²) in [7, 11) is 2.11. The van der Waals surface area contributed by atoms with Gasteiger partial charge in [-0.05, 0) is 36.4 Å². The highest BCUT2D eigenvalue weighted by molar-refractivity contribution is 7.98. The third kappa shape index (κ3) is 6.71. The van der Waals surface area contributed by atoms with E-state index in [4.69, 9.17) is 4.74 Å². The van der Waals surface area contributed by atoms with Gasteiger partial charge in [-0.2, -0.15) is 0 Å². The summed E-state index contributed by atoms with van der Waals surface area (Å²) < 4.78 is 6.23. The number of aliphatic hydroxyl groups is 1. The summed E-state index contributed by atoms with van der Waals surface area (Å²) in [5, 5.41) is 10.6. The Bertz CT molecular complexity index is 881. The molecule has 2 N–H and O–H groups in total. The average Bonchev–Trinajstić information content (AvgIpc) is 2.76. The van der Waals surface area contributed by atoms with Crippen molar-refractivity contribution in [2.75, 3.05) is 26.5 Å². The molecule has 0 aliphatic rings. The van der Waals surface area contributed by atoms with Crippen molar-refractivity contribution in [2.45, 2.75) is 30.6 Å².